The molecule has 0 bridgehead atoms. The lowest BCUT2D eigenvalue weighted by molar-refractivity contribution is 0.0948. The molecule has 0 aliphatic carbocycles. The molecule has 18 heavy (non-hydrogen) atoms. The van der Waals surface area contributed by atoms with Gasteiger partial charge in [-0.15, -0.1) is 12.4 Å². The Morgan fingerprint density at radius 1 is 1.50 bits per heavy atom. The number of carbonyl (C=O) groups is 1. The molecule has 0 aliphatic heterocycles. The van der Waals surface area contributed by atoms with E-state index in [0.717, 1.165) is 0 Å². The quantitative estimate of drug-likeness (QED) is 0.830. The molecule has 1 aromatic carbocycles. The summed E-state index contributed by atoms with van der Waals surface area (Å²) < 4.78 is 5.34. The van der Waals surface area contributed by atoms with Crippen LogP contribution in [0.2, 0.25) is 0 Å². The molecule has 0 aromatic heterocycles. The molecule has 3 N–H and O–H groups in total. The van der Waals surface area contributed by atoms with Gasteiger partial charge < -0.3 is 15.8 Å². The topological polar surface area (TPSA) is 64.3 Å². The molecule has 102 valence electrons. The summed E-state index contributed by atoms with van der Waals surface area (Å²) in [6, 6.07) is 7.16. The number of carbonyl (C=O) groups excluding carboxylic acids is 1. The summed E-state index contributed by atoms with van der Waals surface area (Å²) in [5.41, 5.74) is 6.10. The summed E-state index contributed by atoms with van der Waals surface area (Å²) in [6.07, 6.45) is 0. The molecule has 0 saturated heterocycles. The molecule has 5 heteroatoms. The van der Waals surface area contributed by atoms with Crippen LogP contribution in [-0.2, 0) is 0 Å². The molecule has 1 atom stereocenters. The summed E-state index contributed by atoms with van der Waals surface area (Å²) in [7, 11) is 0. The van der Waals surface area contributed by atoms with Crippen LogP contribution in [0.5, 0.6) is 5.75 Å². The monoisotopic (exact) mass is 272 g/mol. The molecule has 0 heterocycles. The SMILES string of the molecule is CCOc1cccc(C(=O)NCC(C)CN)c1.Cl. The Morgan fingerprint density at radius 3 is 2.83 bits per heavy atom. The van der Waals surface area contributed by atoms with E-state index in [1.54, 1.807) is 12.1 Å². The zero-order valence-electron chi connectivity index (χ0n) is 10.8. The third-order valence-corrected chi connectivity index (χ3v) is 2.42. The van der Waals surface area contributed by atoms with Gasteiger partial charge in [0.15, 0.2) is 0 Å². The fourth-order valence-electron chi connectivity index (χ4n) is 1.35. The van der Waals surface area contributed by atoms with Crippen molar-refractivity contribution in [2.45, 2.75) is 13.8 Å². The van der Waals surface area contributed by atoms with Gasteiger partial charge in [0.05, 0.1) is 6.61 Å². The number of amides is 1. The molecule has 1 aromatic rings. The maximum atomic E-state index is 11.8. The molecule has 1 rings (SSSR count). The number of halogens is 1. The molecule has 0 fully saturated rings. The Hall–Kier alpha value is -1.26. The molecule has 1 unspecified atom stereocenters. The van der Waals surface area contributed by atoms with Gasteiger partial charge in [-0.3, -0.25) is 4.79 Å². The van der Waals surface area contributed by atoms with Gasteiger partial charge in [0.25, 0.3) is 5.91 Å². The van der Waals surface area contributed by atoms with Crippen molar-refractivity contribution >= 4 is 18.3 Å². The maximum absolute atomic E-state index is 11.8. The fourth-order valence-corrected chi connectivity index (χ4v) is 1.35. The second kappa shape index (κ2) is 8.78. The Labute approximate surface area is 114 Å². The number of nitrogens with one attached hydrogen (secondary N) is 1. The average Bonchev–Trinajstić information content (AvgIpc) is 2.36. The number of hydrogen-bond acceptors (Lipinski definition) is 3. The molecule has 4 nitrogen and oxygen atoms in total. The van der Waals surface area contributed by atoms with E-state index >= 15 is 0 Å². The van der Waals surface area contributed by atoms with Crippen molar-refractivity contribution < 1.29 is 9.53 Å². The lowest BCUT2D eigenvalue weighted by Gasteiger charge is -2.10. The van der Waals surface area contributed by atoms with Crippen LogP contribution in [0.25, 0.3) is 0 Å². The van der Waals surface area contributed by atoms with Crippen LogP contribution in [-0.4, -0.2) is 25.6 Å². The smallest absolute Gasteiger partial charge is 0.251 e. The number of benzene rings is 1. The van der Waals surface area contributed by atoms with Gasteiger partial charge in [0, 0.05) is 12.1 Å². The van der Waals surface area contributed by atoms with Gasteiger partial charge in [-0.05, 0) is 37.6 Å². The summed E-state index contributed by atoms with van der Waals surface area (Å²) in [6.45, 7) is 5.66. The van der Waals surface area contributed by atoms with Crippen molar-refractivity contribution in [1.29, 1.82) is 0 Å². The Bertz CT molecular complexity index is 372. The number of nitrogens with two attached hydrogens (primary N) is 1. The van der Waals surface area contributed by atoms with Gasteiger partial charge in [-0.2, -0.15) is 0 Å². The van der Waals surface area contributed by atoms with E-state index in [1.165, 1.54) is 0 Å². The predicted octanol–water partition coefficient (Wildman–Crippen LogP) is 1.83. The third kappa shape index (κ3) is 5.38. The van der Waals surface area contributed by atoms with E-state index in [0.29, 0.717) is 31.0 Å². The first kappa shape index (κ1) is 16.7. The highest BCUT2D eigenvalue weighted by Gasteiger charge is 2.07. The van der Waals surface area contributed by atoms with Crippen molar-refractivity contribution in [3.63, 3.8) is 0 Å². The van der Waals surface area contributed by atoms with Crippen LogP contribution in [0.1, 0.15) is 24.2 Å². The van der Waals surface area contributed by atoms with Gasteiger partial charge in [-0.1, -0.05) is 13.0 Å². The molecular formula is C13H21ClN2O2. The molecule has 0 saturated carbocycles. The third-order valence-electron chi connectivity index (χ3n) is 2.42. The molecular weight excluding hydrogens is 252 g/mol. The number of ether oxygens (including phenoxy) is 1. The largest absolute Gasteiger partial charge is 0.494 e. The summed E-state index contributed by atoms with van der Waals surface area (Å²) >= 11 is 0. The number of hydrogen-bond donors (Lipinski definition) is 2. The van der Waals surface area contributed by atoms with E-state index in [-0.39, 0.29) is 24.2 Å². The Morgan fingerprint density at radius 2 is 2.22 bits per heavy atom. The normalized spacial score (nSPS) is 11.3. The van der Waals surface area contributed by atoms with Crippen molar-refractivity contribution in [2.24, 2.45) is 11.7 Å². The summed E-state index contributed by atoms with van der Waals surface area (Å²) in [5.74, 6) is 0.910. The van der Waals surface area contributed by atoms with Crippen LogP contribution < -0.4 is 15.8 Å². The van der Waals surface area contributed by atoms with E-state index < -0.39 is 0 Å². The van der Waals surface area contributed by atoms with Crippen LogP contribution in [0, 0.1) is 5.92 Å². The van der Waals surface area contributed by atoms with Gasteiger partial charge in [0.2, 0.25) is 0 Å². The first-order chi connectivity index (χ1) is 8.17. The van der Waals surface area contributed by atoms with Crippen molar-refractivity contribution in [3.8, 4) is 5.75 Å². The predicted molar refractivity (Wildman–Crippen MR) is 75.4 cm³/mol. The van der Waals surface area contributed by atoms with Gasteiger partial charge in [0.1, 0.15) is 5.75 Å². The summed E-state index contributed by atoms with van der Waals surface area (Å²) in [5, 5.41) is 2.84. The minimum Gasteiger partial charge on any atom is -0.494 e. The lowest BCUT2D eigenvalue weighted by Crippen LogP contribution is -2.31. The van der Waals surface area contributed by atoms with E-state index in [2.05, 4.69) is 5.32 Å². The van der Waals surface area contributed by atoms with Crippen LogP contribution in [0.4, 0.5) is 0 Å². The Kier molecular flexibility index (Phi) is 8.16. The minimum absolute atomic E-state index is 0. The molecule has 0 aliphatic rings. The van der Waals surface area contributed by atoms with Crippen LogP contribution in [0.3, 0.4) is 0 Å². The molecule has 1 amide bonds. The van der Waals surface area contributed by atoms with Crippen molar-refractivity contribution in [3.05, 3.63) is 29.8 Å². The van der Waals surface area contributed by atoms with Gasteiger partial charge >= 0.3 is 0 Å². The van der Waals surface area contributed by atoms with Crippen LogP contribution >= 0.6 is 12.4 Å². The number of rotatable bonds is 6. The van der Waals surface area contributed by atoms with E-state index in [4.69, 9.17) is 10.5 Å². The second-order valence-corrected chi connectivity index (χ2v) is 4.01. The highest BCUT2D eigenvalue weighted by Crippen LogP contribution is 2.13. The highest BCUT2D eigenvalue weighted by atomic mass is 35.5. The highest BCUT2D eigenvalue weighted by molar-refractivity contribution is 5.94. The van der Waals surface area contributed by atoms with Crippen LogP contribution in [0.15, 0.2) is 24.3 Å². The zero-order valence-corrected chi connectivity index (χ0v) is 11.6. The van der Waals surface area contributed by atoms with E-state index in [1.807, 2.05) is 26.0 Å². The maximum Gasteiger partial charge on any atom is 0.251 e. The lowest BCUT2D eigenvalue weighted by atomic mass is 10.1. The fraction of sp³-hybridized carbons (Fsp3) is 0.462. The molecule has 0 radical (unpaired) electrons. The van der Waals surface area contributed by atoms with Crippen molar-refractivity contribution in [2.75, 3.05) is 19.7 Å². The standard InChI is InChI=1S/C13H20N2O2.ClH/c1-3-17-12-6-4-5-11(7-12)13(16)15-9-10(2)8-14;/h4-7,10H,3,8-9,14H2,1-2H3,(H,15,16);1H. The summed E-state index contributed by atoms with van der Waals surface area (Å²) in [4.78, 5) is 11.8. The first-order valence-corrected chi connectivity index (χ1v) is 5.88. The first-order valence-electron chi connectivity index (χ1n) is 5.88. The van der Waals surface area contributed by atoms with Gasteiger partial charge in [-0.25, -0.2) is 0 Å². The Balaban J connectivity index is 0.00000289. The average molecular weight is 273 g/mol. The minimum atomic E-state index is -0.0909. The van der Waals surface area contributed by atoms with E-state index in [9.17, 15) is 4.79 Å². The second-order valence-electron chi connectivity index (χ2n) is 4.01. The molecule has 0 spiro atoms. The zero-order chi connectivity index (χ0) is 12.7. The van der Waals surface area contributed by atoms with Crippen molar-refractivity contribution in [1.82, 2.24) is 5.32 Å².